The highest BCUT2D eigenvalue weighted by Gasteiger charge is 2.36. The normalized spacial score (nSPS) is 16.4. The Labute approximate surface area is 146 Å². The van der Waals surface area contributed by atoms with Crippen molar-refractivity contribution >= 4 is 6.29 Å². The summed E-state index contributed by atoms with van der Waals surface area (Å²) in [6.07, 6.45) is 5.14. The van der Waals surface area contributed by atoms with Gasteiger partial charge in [0.1, 0.15) is 12.1 Å². The Balaban J connectivity index is 2.00. The van der Waals surface area contributed by atoms with Crippen molar-refractivity contribution in [3.05, 3.63) is 53.6 Å². The van der Waals surface area contributed by atoms with Gasteiger partial charge in [0.15, 0.2) is 11.6 Å². The SMILES string of the molecule is CCOc1cccc(-c2ccc(C3(C=O)CCCCC3)c(F)c2)c1F. The molecule has 0 heterocycles. The van der Waals surface area contributed by atoms with Crippen LogP contribution in [-0.4, -0.2) is 12.9 Å². The number of carbonyl (C=O) groups is 1. The third kappa shape index (κ3) is 3.30. The molecule has 0 atom stereocenters. The Morgan fingerprint density at radius 1 is 1.12 bits per heavy atom. The summed E-state index contributed by atoms with van der Waals surface area (Å²) in [7, 11) is 0. The van der Waals surface area contributed by atoms with Crippen LogP contribution in [0.2, 0.25) is 0 Å². The molecule has 0 aliphatic heterocycles. The van der Waals surface area contributed by atoms with Crippen LogP contribution in [0.1, 0.15) is 44.6 Å². The molecule has 2 aromatic rings. The van der Waals surface area contributed by atoms with Gasteiger partial charge in [0.2, 0.25) is 0 Å². The maximum Gasteiger partial charge on any atom is 0.172 e. The van der Waals surface area contributed by atoms with Gasteiger partial charge in [-0.15, -0.1) is 0 Å². The third-order valence-electron chi connectivity index (χ3n) is 5.05. The summed E-state index contributed by atoms with van der Waals surface area (Å²) in [5.74, 6) is -0.798. The molecular weight excluding hydrogens is 322 g/mol. The lowest BCUT2D eigenvalue weighted by Crippen LogP contribution is -2.31. The first-order chi connectivity index (χ1) is 12.1. The molecule has 3 rings (SSSR count). The van der Waals surface area contributed by atoms with E-state index in [9.17, 15) is 13.6 Å². The molecule has 2 aromatic carbocycles. The fourth-order valence-electron chi connectivity index (χ4n) is 3.72. The summed E-state index contributed by atoms with van der Waals surface area (Å²) < 4.78 is 34.7. The lowest BCUT2D eigenvalue weighted by molar-refractivity contribution is -0.113. The maximum atomic E-state index is 14.8. The van der Waals surface area contributed by atoms with Crippen LogP contribution < -0.4 is 4.74 Å². The van der Waals surface area contributed by atoms with Crippen molar-refractivity contribution in [2.75, 3.05) is 6.61 Å². The van der Waals surface area contributed by atoms with E-state index in [2.05, 4.69) is 0 Å². The van der Waals surface area contributed by atoms with Crippen molar-refractivity contribution in [3.63, 3.8) is 0 Å². The summed E-state index contributed by atoms with van der Waals surface area (Å²) in [5.41, 5.74) is 0.414. The van der Waals surface area contributed by atoms with Gasteiger partial charge in [-0.25, -0.2) is 8.78 Å². The van der Waals surface area contributed by atoms with E-state index in [1.807, 2.05) is 0 Å². The van der Waals surface area contributed by atoms with Crippen molar-refractivity contribution in [1.82, 2.24) is 0 Å². The van der Waals surface area contributed by atoms with Crippen molar-refractivity contribution < 1.29 is 18.3 Å². The van der Waals surface area contributed by atoms with Gasteiger partial charge in [0.25, 0.3) is 0 Å². The minimum Gasteiger partial charge on any atom is -0.491 e. The van der Waals surface area contributed by atoms with Crippen LogP contribution in [0, 0.1) is 11.6 Å². The largest absolute Gasteiger partial charge is 0.491 e. The molecule has 4 heteroatoms. The highest BCUT2D eigenvalue weighted by molar-refractivity contribution is 5.72. The fourth-order valence-corrected chi connectivity index (χ4v) is 3.72. The summed E-state index contributed by atoms with van der Waals surface area (Å²) in [5, 5.41) is 0. The Bertz CT molecular complexity index is 764. The molecule has 0 amide bonds. The van der Waals surface area contributed by atoms with Gasteiger partial charge in [-0.05, 0) is 37.5 Å². The number of rotatable bonds is 5. The Morgan fingerprint density at radius 2 is 1.88 bits per heavy atom. The monoisotopic (exact) mass is 344 g/mol. The molecule has 25 heavy (non-hydrogen) atoms. The van der Waals surface area contributed by atoms with E-state index in [4.69, 9.17) is 4.74 Å². The molecule has 1 aliphatic carbocycles. The lowest BCUT2D eigenvalue weighted by atomic mass is 9.70. The van der Waals surface area contributed by atoms with Crippen molar-refractivity contribution in [3.8, 4) is 16.9 Å². The molecule has 1 saturated carbocycles. The van der Waals surface area contributed by atoms with Crippen LogP contribution in [0.5, 0.6) is 5.75 Å². The Kier molecular flexibility index (Phi) is 5.16. The third-order valence-corrected chi connectivity index (χ3v) is 5.05. The van der Waals surface area contributed by atoms with Crippen LogP contribution in [0.25, 0.3) is 11.1 Å². The first kappa shape index (κ1) is 17.6. The molecule has 1 aliphatic rings. The average Bonchev–Trinajstić information content (AvgIpc) is 2.64. The van der Waals surface area contributed by atoms with Gasteiger partial charge in [0.05, 0.1) is 12.0 Å². The van der Waals surface area contributed by atoms with Crippen LogP contribution in [-0.2, 0) is 10.2 Å². The summed E-state index contributed by atoms with van der Waals surface area (Å²) in [6.45, 7) is 2.14. The molecule has 0 aromatic heterocycles. The minimum atomic E-state index is -0.743. The predicted octanol–water partition coefficient (Wildman–Crippen LogP) is 5.43. The number of aldehydes is 1. The molecule has 0 saturated heterocycles. The second-order valence-corrected chi connectivity index (χ2v) is 6.58. The van der Waals surface area contributed by atoms with Crippen molar-refractivity contribution in [2.24, 2.45) is 0 Å². The predicted molar refractivity (Wildman–Crippen MR) is 93.8 cm³/mol. The molecule has 0 spiro atoms. The Hall–Kier alpha value is -2.23. The fraction of sp³-hybridized carbons (Fsp3) is 0.381. The molecular formula is C21H22F2O2. The van der Waals surface area contributed by atoms with E-state index >= 15 is 0 Å². The summed E-state index contributed by atoms with van der Waals surface area (Å²) in [4.78, 5) is 11.7. The topological polar surface area (TPSA) is 26.3 Å². The van der Waals surface area contributed by atoms with E-state index in [1.165, 1.54) is 6.07 Å². The average molecular weight is 344 g/mol. The quantitative estimate of drug-likeness (QED) is 0.676. The van der Waals surface area contributed by atoms with Gasteiger partial charge >= 0.3 is 0 Å². The lowest BCUT2D eigenvalue weighted by Gasteiger charge is -2.32. The smallest absolute Gasteiger partial charge is 0.172 e. The summed E-state index contributed by atoms with van der Waals surface area (Å²) in [6, 6.07) is 9.48. The zero-order valence-corrected chi connectivity index (χ0v) is 14.4. The minimum absolute atomic E-state index is 0.154. The van der Waals surface area contributed by atoms with E-state index in [-0.39, 0.29) is 5.75 Å². The first-order valence-electron chi connectivity index (χ1n) is 8.79. The number of halogens is 2. The van der Waals surface area contributed by atoms with Crippen LogP contribution in [0.3, 0.4) is 0 Å². The number of hydrogen-bond donors (Lipinski definition) is 0. The van der Waals surface area contributed by atoms with Crippen molar-refractivity contribution in [1.29, 1.82) is 0 Å². The van der Waals surface area contributed by atoms with Gasteiger partial charge < -0.3 is 9.53 Å². The second-order valence-electron chi connectivity index (χ2n) is 6.58. The Morgan fingerprint density at radius 3 is 2.52 bits per heavy atom. The van der Waals surface area contributed by atoms with Gasteiger partial charge in [-0.1, -0.05) is 43.5 Å². The van der Waals surface area contributed by atoms with Crippen molar-refractivity contribution in [2.45, 2.75) is 44.4 Å². The highest BCUT2D eigenvalue weighted by atomic mass is 19.1. The maximum absolute atomic E-state index is 14.8. The van der Waals surface area contributed by atoms with Gasteiger partial charge in [-0.2, -0.15) is 0 Å². The number of hydrogen-bond acceptors (Lipinski definition) is 2. The molecule has 132 valence electrons. The molecule has 1 fully saturated rings. The second kappa shape index (κ2) is 7.34. The summed E-state index contributed by atoms with van der Waals surface area (Å²) >= 11 is 0. The molecule has 0 unspecified atom stereocenters. The van der Waals surface area contributed by atoms with Gasteiger partial charge in [0, 0.05) is 11.1 Å². The standard InChI is InChI=1S/C21H22F2O2/c1-2-25-19-8-6-7-16(20(19)23)15-9-10-17(18(22)13-15)21(14-24)11-4-3-5-12-21/h6-10,13-14H,2-5,11-12H2,1H3. The van der Waals surface area contributed by atoms with E-state index in [1.54, 1.807) is 37.3 Å². The van der Waals surface area contributed by atoms with Crippen LogP contribution in [0.4, 0.5) is 8.78 Å². The van der Waals surface area contributed by atoms with E-state index < -0.39 is 17.0 Å². The molecule has 0 bridgehead atoms. The molecule has 0 radical (unpaired) electrons. The first-order valence-corrected chi connectivity index (χ1v) is 8.79. The number of carbonyl (C=O) groups excluding carboxylic acids is 1. The highest BCUT2D eigenvalue weighted by Crippen LogP contribution is 2.40. The molecule has 0 N–H and O–H groups in total. The zero-order valence-electron chi connectivity index (χ0n) is 14.4. The van der Waals surface area contributed by atoms with E-state index in [0.717, 1.165) is 25.5 Å². The number of benzene rings is 2. The van der Waals surface area contributed by atoms with Crippen LogP contribution >= 0.6 is 0 Å². The zero-order chi connectivity index (χ0) is 17.9. The van der Waals surface area contributed by atoms with Crippen LogP contribution in [0.15, 0.2) is 36.4 Å². The molecule has 2 nitrogen and oxygen atoms in total. The van der Waals surface area contributed by atoms with Gasteiger partial charge in [-0.3, -0.25) is 0 Å². The van der Waals surface area contributed by atoms with E-state index in [0.29, 0.717) is 36.1 Å². The number of ether oxygens (including phenoxy) is 1.